The molecule has 222 valence electrons. The minimum Gasteiger partial charge on any atom is -0.482 e. The van der Waals surface area contributed by atoms with Gasteiger partial charge in [-0.3, -0.25) is 19.3 Å². The molecule has 0 radical (unpaired) electrons. The lowest BCUT2D eigenvalue weighted by atomic mass is 9.82. The minimum absolute atomic E-state index is 0.0515. The predicted molar refractivity (Wildman–Crippen MR) is 160 cm³/mol. The van der Waals surface area contributed by atoms with Crippen LogP contribution in [0.4, 0.5) is 17.1 Å². The molecule has 43 heavy (non-hydrogen) atoms. The van der Waals surface area contributed by atoms with Crippen LogP contribution in [0.25, 0.3) is 0 Å². The smallest absolute Gasteiger partial charge is 0.269 e. The van der Waals surface area contributed by atoms with Crippen LogP contribution in [0.1, 0.15) is 43.7 Å². The Morgan fingerprint density at radius 3 is 2.63 bits per heavy atom. The highest BCUT2D eigenvalue weighted by Gasteiger charge is 2.60. The number of rotatable bonds is 6. The molecular formula is C34H35N3O6. The Hall–Kier alpha value is -4.21. The maximum atomic E-state index is 14.5. The largest absolute Gasteiger partial charge is 0.482 e. The van der Waals surface area contributed by atoms with Crippen molar-refractivity contribution in [1.82, 2.24) is 4.90 Å². The van der Waals surface area contributed by atoms with Gasteiger partial charge in [-0.05, 0) is 55.2 Å². The van der Waals surface area contributed by atoms with Crippen molar-refractivity contribution in [2.75, 3.05) is 29.6 Å². The first kappa shape index (κ1) is 27.6. The number of carbonyl (C=O) groups is 3. The molecule has 0 bridgehead atoms. The fraction of sp³-hybridized carbons (Fsp3) is 0.382. The Morgan fingerprint density at radius 2 is 1.81 bits per heavy atom. The van der Waals surface area contributed by atoms with Crippen molar-refractivity contribution in [3.8, 4) is 5.75 Å². The van der Waals surface area contributed by atoms with Crippen LogP contribution in [-0.4, -0.2) is 59.6 Å². The van der Waals surface area contributed by atoms with Crippen LogP contribution >= 0.6 is 0 Å². The molecule has 1 spiro atoms. The lowest BCUT2D eigenvalue weighted by Crippen LogP contribution is -2.44. The van der Waals surface area contributed by atoms with Crippen LogP contribution in [0.5, 0.6) is 5.75 Å². The van der Waals surface area contributed by atoms with E-state index < -0.39 is 11.7 Å². The van der Waals surface area contributed by atoms with Crippen LogP contribution in [0.3, 0.4) is 0 Å². The number of benzene rings is 3. The van der Waals surface area contributed by atoms with Gasteiger partial charge in [0.15, 0.2) is 12.2 Å². The molecule has 0 unspecified atom stereocenters. The van der Waals surface area contributed by atoms with Crippen molar-refractivity contribution in [2.45, 2.75) is 56.9 Å². The average Bonchev–Trinajstić information content (AvgIpc) is 3.70. The highest BCUT2D eigenvalue weighted by molar-refractivity contribution is 6.09. The van der Waals surface area contributed by atoms with E-state index in [2.05, 4.69) is 0 Å². The van der Waals surface area contributed by atoms with E-state index in [1.54, 1.807) is 14.7 Å². The third-order valence-corrected chi connectivity index (χ3v) is 9.36. The lowest BCUT2D eigenvalue weighted by molar-refractivity contribution is -0.150. The Balaban J connectivity index is 1.27. The number of carbonyl (C=O) groups excluding carboxylic acids is 3. The maximum Gasteiger partial charge on any atom is 0.269 e. The molecular weight excluding hydrogens is 546 g/mol. The number of fused-ring (bicyclic) bond motifs is 3. The quantitative estimate of drug-likeness (QED) is 0.467. The Bertz CT molecular complexity index is 1580. The van der Waals surface area contributed by atoms with Crippen LogP contribution < -0.4 is 14.5 Å². The molecule has 1 N–H and O–H groups in total. The van der Waals surface area contributed by atoms with E-state index in [0.717, 1.165) is 24.1 Å². The zero-order chi connectivity index (χ0) is 29.7. The molecule has 9 heteroatoms. The summed E-state index contributed by atoms with van der Waals surface area (Å²) >= 11 is 0. The standard InChI is InChI=1S/C34H35N3O6/c1-22-16-26(18-31(39)35-15-7-10-25(35)20-38)43-34(22)27-17-24(37-29-11-5-6-12-30(29)42-21-32(37)40)13-14-28(27)36(33(34)41)19-23-8-3-2-4-9-23/h2-6,8-9,11-14,17,22,25-26,38H,7,10,15-16,18-21H2,1H3/t22-,25+,26-,34+/m1/s1. The Morgan fingerprint density at radius 1 is 1.02 bits per heavy atom. The van der Waals surface area contributed by atoms with E-state index in [9.17, 15) is 19.5 Å². The van der Waals surface area contributed by atoms with E-state index in [-0.39, 0.29) is 49.3 Å². The molecule has 3 aromatic rings. The van der Waals surface area contributed by atoms with Gasteiger partial charge in [0.1, 0.15) is 5.75 Å². The molecule has 0 aromatic heterocycles. The molecule has 4 aliphatic rings. The SMILES string of the molecule is C[C@@H]1C[C@H](CC(=O)N2CCC[C@H]2CO)O[C@@]12C(=O)N(Cc1ccccc1)c1ccc(N3C(=O)COc4ccccc43)cc12. The summed E-state index contributed by atoms with van der Waals surface area (Å²) in [7, 11) is 0. The molecule has 2 saturated heterocycles. The van der Waals surface area contributed by atoms with Crippen molar-refractivity contribution < 1.29 is 29.0 Å². The van der Waals surface area contributed by atoms with Gasteiger partial charge >= 0.3 is 0 Å². The monoisotopic (exact) mass is 581 g/mol. The van der Waals surface area contributed by atoms with Crippen molar-refractivity contribution in [2.24, 2.45) is 5.92 Å². The van der Waals surface area contributed by atoms with Crippen molar-refractivity contribution in [1.29, 1.82) is 0 Å². The second-order valence-corrected chi connectivity index (χ2v) is 11.9. The second-order valence-electron chi connectivity index (χ2n) is 11.9. The summed E-state index contributed by atoms with van der Waals surface area (Å²) < 4.78 is 12.4. The number of amides is 3. The zero-order valence-corrected chi connectivity index (χ0v) is 24.1. The van der Waals surface area contributed by atoms with Crippen LogP contribution in [0.15, 0.2) is 72.8 Å². The zero-order valence-electron chi connectivity index (χ0n) is 24.1. The lowest BCUT2D eigenvalue weighted by Gasteiger charge is -2.31. The number of aliphatic hydroxyl groups is 1. The highest BCUT2D eigenvalue weighted by Crippen LogP contribution is 2.55. The Kier molecular flexibility index (Phi) is 6.94. The van der Waals surface area contributed by atoms with E-state index in [4.69, 9.17) is 9.47 Å². The van der Waals surface area contributed by atoms with E-state index in [1.165, 1.54) is 0 Å². The molecule has 2 fully saturated rings. The third-order valence-electron chi connectivity index (χ3n) is 9.36. The van der Waals surface area contributed by atoms with Gasteiger partial charge in [0, 0.05) is 23.7 Å². The van der Waals surface area contributed by atoms with Crippen LogP contribution in [-0.2, 0) is 31.3 Å². The van der Waals surface area contributed by atoms with E-state index >= 15 is 0 Å². The number of aliphatic hydroxyl groups excluding tert-OH is 1. The maximum absolute atomic E-state index is 14.5. The summed E-state index contributed by atoms with van der Waals surface area (Å²) in [6.45, 7) is 2.87. The molecule has 4 heterocycles. The highest BCUT2D eigenvalue weighted by atomic mass is 16.5. The van der Waals surface area contributed by atoms with Crippen molar-refractivity contribution in [3.05, 3.63) is 83.9 Å². The van der Waals surface area contributed by atoms with Gasteiger partial charge in [-0.2, -0.15) is 0 Å². The normalized spacial score (nSPS) is 26.2. The van der Waals surface area contributed by atoms with Crippen molar-refractivity contribution in [3.63, 3.8) is 0 Å². The predicted octanol–water partition coefficient (Wildman–Crippen LogP) is 4.28. The third kappa shape index (κ3) is 4.49. The summed E-state index contributed by atoms with van der Waals surface area (Å²) in [5.41, 5.74) is 2.42. The number of likely N-dealkylation sites (tertiary alicyclic amines) is 1. The molecule has 4 atom stereocenters. The Labute approximate surface area is 250 Å². The second kappa shape index (κ2) is 10.8. The number of ether oxygens (including phenoxy) is 2. The molecule has 3 amide bonds. The van der Waals surface area contributed by atoms with Gasteiger partial charge in [-0.1, -0.05) is 49.4 Å². The molecule has 4 aliphatic heterocycles. The molecule has 0 saturated carbocycles. The fourth-order valence-corrected chi connectivity index (χ4v) is 7.30. The molecule has 0 aliphatic carbocycles. The van der Waals surface area contributed by atoms with Gasteiger partial charge < -0.3 is 24.4 Å². The van der Waals surface area contributed by atoms with Gasteiger partial charge in [0.05, 0.1) is 43.1 Å². The number of para-hydroxylation sites is 2. The topological polar surface area (TPSA) is 99.6 Å². The number of nitrogens with zero attached hydrogens (tertiary/aromatic N) is 3. The van der Waals surface area contributed by atoms with Gasteiger partial charge in [-0.25, -0.2) is 0 Å². The van der Waals surface area contributed by atoms with Gasteiger partial charge in [0.2, 0.25) is 5.91 Å². The van der Waals surface area contributed by atoms with Crippen LogP contribution in [0.2, 0.25) is 0 Å². The van der Waals surface area contributed by atoms with Gasteiger partial charge in [-0.15, -0.1) is 0 Å². The van der Waals surface area contributed by atoms with Crippen molar-refractivity contribution >= 4 is 34.8 Å². The molecule has 7 rings (SSSR count). The summed E-state index contributed by atoms with van der Waals surface area (Å²) in [6.07, 6.45) is 1.90. The molecule has 3 aromatic carbocycles. The first-order valence-corrected chi connectivity index (χ1v) is 15.0. The summed E-state index contributed by atoms with van der Waals surface area (Å²) in [6, 6.07) is 22.7. The number of hydrogen-bond donors (Lipinski definition) is 1. The van der Waals surface area contributed by atoms with E-state index in [0.29, 0.717) is 42.2 Å². The first-order valence-electron chi connectivity index (χ1n) is 15.0. The first-order chi connectivity index (χ1) is 20.9. The van der Waals surface area contributed by atoms with E-state index in [1.807, 2.05) is 79.7 Å². The van der Waals surface area contributed by atoms with Gasteiger partial charge in [0.25, 0.3) is 11.8 Å². The molecule has 9 nitrogen and oxygen atoms in total. The summed E-state index contributed by atoms with van der Waals surface area (Å²) in [5, 5.41) is 9.75. The summed E-state index contributed by atoms with van der Waals surface area (Å²) in [5.74, 6) is -0.0132. The number of anilines is 3. The minimum atomic E-state index is -1.29. The average molecular weight is 582 g/mol. The fourth-order valence-electron chi connectivity index (χ4n) is 7.30. The summed E-state index contributed by atoms with van der Waals surface area (Å²) in [4.78, 5) is 46.2. The number of hydrogen-bond acceptors (Lipinski definition) is 6. The van der Waals surface area contributed by atoms with Crippen LogP contribution in [0, 0.1) is 5.92 Å².